The highest BCUT2D eigenvalue weighted by Crippen LogP contribution is 2.18. The summed E-state index contributed by atoms with van der Waals surface area (Å²) < 4.78 is 37.1. The number of benzene rings is 2. The Kier molecular flexibility index (Phi) is 8.48. The molecule has 0 heterocycles. The van der Waals surface area contributed by atoms with Crippen molar-refractivity contribution in [3.8, 4) is 11.5 Å². The lowest BCUT2D eigenvalue weighted by atomic mass is 10.1. The second-order valence-electron chi connectivity index (χ2n) is 6.15. The van der Waals surface area contributed by atoms with Crippen molar-refractivity contribution in [1.29, 1.82) is 0 Å². The lowest BCUT2D eigenvalue weighted by Crippen LogP contribution is -2.30. The Morgan fingerprint density at radius 2 is 1.52 bits per heavy atom. The van der Waals surface area contributed by atoms with Crippen molar-refractivity contribution < 1.29 is 22.7 Å². The first-order valence-corrected chi connectivity index (χ1v) is 10.9. The number of methoxy groups -OCH3 is 1. The molecule has 2 aromatic rings. The molecule has 0 fully saturated rings. The average Bonchev–Trinajstić information content (AvgIpc) is 2.74. The standard InChI is InChI=1S/C21H28N2O5S/c1-5-23(6-2)29(24,25)21-13-7-18(8-14-21)17(3)22-28-16-15-27-20-11-9-19(26-4)10-12-20/h7-14H,5-6,15-16H2,1-4H3/b22-17+. The second-order valence-corrected chi connectivity index (χ2v) is 8.09. The van der Waals surface area contributed by atoms with Gasteiger partial charge in [0.1, 0.15) is 18.1 Å². The van der Waals surface area contributed by atoms with E-state index in [1.807, 2.05) is 38.1 Å². The fraction of sp³-hybridized carbons (Fsp3) is 0.381. The van der Waals surface area contributed by atoms with E-state index in [0.29, 0.717) is 25.4 Å². The minimum atomic E-state index is -3.46. The number of nitrogens with zero attached hydrogens (tertiary/aromatic N) is 2. The van der Waals surface area contributed by atoms with Crippen molar-refractivity contribution in [2.24, 2.45) is 5.16 Å². The summed E-state index contributed by atoms with van der Waals surface area (Å²) in [7, 11) is -1.85. The molecular formula is C21H28N2O5S. The van der Waals surface area contributed by atoms with Crippen molar-refractivity contribution in [3.05, 3.63) is 54.1 Å². The van der Waals surface area contributed by atoms with E-state index in [-0.39, 0.29) is 11.5 Å². The molecule has 2 aromatic carbocycles. The maximum Gasteiger partial charge on any atom is 0.243 e. The predicted molar refractivity (Wildman–Crippen MR) is 113 cm³/mol. The van der Waals surface area contributed by atoms with E-state index < -0.39 is 10.0 Å². The van der Waals surface area contributed by atoms with Crippen LogP contribution in [0.15, 0.2) is 58.6 Å². The number of ether oxygens (including phenoxy) is 2. The van der Waals surface area contributed by atoms with Crippen molar-refractivity contribution in [1.82, 2.24) is 4.31 Å². The molecule has 0 aliphatic heterocycles. The summed E-state index contributed by atoms with van der Waals surface area (Å²) in [4.78, 5) is 5.57. The number of sulfonamides is 1. The number of hydrogen-bond donors (Lipinski definition) is 0. The number of rotatable bonds is 11. The molecule has 0 aromatic heterocycles. The summed E-state index contributed by atoms with van der Waals surface area (Å²) in [6, 6.07) is 13.9. The first-order chi connectivity index (χ1) is 13.9. The van der Waals surface area contributed by atoms with Crippen molar-refractivity contribution >= 4 is 15.7 Å². The highest BCUT2D eigenvalue weighted by Gasteiger charge is 2.21. The first-order valence-electron chi connectivity index (χ1n) is 9.46. The quantitative estimate of drug-likeness (QED) is 0.316. The maximum absolute atomic E-state index is 12.5. The van der Waals surface area contributed by atoms with Crippen LogP contribution in [-0.2, 0) is 14.9 Å². The molecule has 0 bridgehead atoms. The molecule has 0 aliphatic carbocycles. The molecule has 2 rings (SSSR count). The fourth-order valence-corrected chi connectivity index (χ4v) is 4.10. The van der Waals surface area contributed by atoms with Crippen LogP contribution in [0.25, 0.3) is 0 Å². The Balaban J connectivity index is 1.87. The second kappa shape index (κ2) is 10.8. The summed E-state index contributed by atoms with van der Waals surface area (Å²) in [6.07, 6.45) is 0. The highest BCUT2D eigenvalue weighted by atomic mass is 32.2. The zero-order chi connectivity index (χ0) is 21.3. The van der Waals surface area contributed by atoms with Crippen molar-refractivity contribution in [2.75, 3.05) is 33.4 Å². The normalized spacial score (nSPS) is 12.1. The molecule has 158 valence electrons. The van der Waals surface area contributed by atoms with Crippen LogP contribution in [0.1, 0.15) is 26.3 Å². The molecule has 29 heavy (non-hydrogen) atoms. The van der Waals surface area contributed by atoms with Crippen molar-refractivity contribution in [2.45, 2.75) is 25.7 Å². The minimum Gasteiger partial charge on any atom is -0.497 e. The monoisotopic (exact) mass is 420 g/mol. The molecule has 0 spiro atoms. The molecule has 0 atom stereocenters. The van der Waals surface area contributed by atoms with E-state index in [9.17, 15) is 8.42 Å². The third-order valence-corrected chi connectivity index (χ3v) is 6.38. The van der Waals surface area contributed by atoms with Gasteiger partial charge in [-0.2, -0.15) is 4.31 Å². The third-order valence-electron chi connectivity index (χ3n) is 4.32. The summed E-state index contributed by atoms with van der Waals surface area (Å²) >= 11 is 0. The lowest BCUT2D eigenvalue weighted by molar-refractivity contribution is 0.107. The van der Waals surface area contributed by atoms with Crippen LogP contribution < -0.4 is 9.47 Å². The van der Waals surface area contributed by atoms with Gasteiger partial charge in [0.15, 0.2) is 6.61 Å². The molecule has 0 unspecified atom stereocenters. The molecule has 0 saturated carbocycles. The van der Waals surface area contributed by atoms with Crippen LogP contribution in [0.5, 0.6) is 11.5 Å². The van der Waals surface area contributed by atoms with Gasteiger partial charge in [-0.1, -0.05) is 31.1 Å². The van der Waals surface area contributed by atoms with Crippen LogP contribution in [0.3, 0.4) is 0 Å². The highest BCUT2D eigenvalue weighted by molar-refractivity contribution is 7.89. The molecule has 0 saturated heterocycles. The molecule has 0 N–H and O–H groups in total. The van der Waals surface area contributed by atoms with Crippen LogP contribution >= 0.6 is 0 Å². The molecule has 8 heteroatoms. The summed E-state index contributed by atoms with van der Waals surface area (Å²) in [5, 5.41) is 4.07. The number of oxime groups is 1. The van der Waals surface area contributed by atoms with Gasteiger partial charge in [0.25, 0.3) is 0 Å². The van der Waals surface area contributed by atoms with Crippen molar-refractivity contribution in [3.63, 3.8) is 0 Å². The average molecular weight is 421 g/mol. The molecule has 7 nitrogen and oxygen atoms in total. The van der Waals surface area contributed by atoms with Crippen LogP contribution in [0.4, 0.5) is 0 Å². The van der Waals surface area contributed by atoms with Gasteiger partial charge in [-0.05, 0) is 48.9 Å². The van der Waals surface area contributed by atoms with Crippen LogP contribution in [-0.4, -0.2) is 51.8 Å². The van der Waals surface area contributed by atoms with E-state index in [4.69, 9.17) is 14.3 Å². The molecule has 0 amide bonds. The van der Waals surface area contributed by atoms with E-state index in [0.717, 1.165) is 17.1 Å². The van der Waals surface area contributed by atoms with E-state index in [1.54, 1.807) is 38.3 Å². The Labute approximate surface area is 172 Å². The van der Waals surface area contributed by atoms with Gasteiger partial charge in [0.05, 0.1) is 17.7 Å². The molecule has 0 radical (unpaired) electrons. The largest absolute Gasteiger partial charge is 0.497 e. The Hall–Kier alpha value is -2.58. The van der Waals surface area contributed by atoms with Gasteiger partial charge in [-0.25, -0.2) is 8.42 Å². The van der Waals surface area contributed by atoms with Gasteiger partial charge in [0.2, 0.25) is 10.0 Å². The fourth-order valence-electron chi connectivity index (χ4n) is 2.64. The summed E-state index contributed by atoms with van der Waals surface area (Å²) in [5.74, 6) is 1.49. The van der Waals surface area contributed by atoms with Gasteiger partial charge < -0.3 is 14.3 Å². The van der Waals surface area contributed by atoms with Gasteiger partial charge in [-0.3, -0.25) is 0 Å². The SMILES string of the molecule is CCN(CC)S(=O)(=O)c1ccc(/C(C)=N/OCCOc2ccc(OC)cc2)cc1. The van der Waals surface area contributed by atoms with E-state index in [2.05, 4.69) is 5.16 Å². The van der Waals surface area contributed by atoms with Crippen LogP contribution in [0.2, 0.25) is 0 Å². The maximum atomic E-state index is 12.5. The zero-order valence-electron chi connectivity index (χ0n) is 17.3. The smallest absolute Gasteiger partial charge is 0.243 e. The topological polar surface area (TPSA) is 77.4 Å². The minimum absolute atomic E-state index is 0.270. The van der Waals surface area contributed by atoms with Crippen LogP contribution in [0, 0.1) is 0 Å². The van der Waals surface area contributed by atoms with Gasteiger partial charge in [-0.15, -0.1) is 0 Å². The Bertz CT molecular complexity index is 890. The Morgan fingerprint density at radius 3 is 2.07 bits per heavy atom. The third kappa shape index (κ3) is 6.20. The van der Waals surface area contributed by atoms with E-state index >= 15 is 0 Å². The lowest BCUT2D eigenvalue weighted by Gasteiger charge is -2.18. The molecule has 0 aliphatic rings. The van der Waals surface area contributed by atoms with Gasteiger partial charge >= 0.3 is 0 Å². The Morgan fingerprint density at radius 1 is 0.931 bits per heavy atom. The molecular weight excluding hydrogens is 392 g/mol. The van der Waals surface area contributed by atoms with Gasteiger partial charge in [0, 0.05) is 13.1 Å². The summed E-state index contributed by atoms with van der Waals surface area (Å²) in [5.41, 5.74) is 1.45. The predicted octanol–water partition coefficient (Wildman–Crippen LogP) is 3.55. The zero-order valence-corrected chi connectivity index (χ0v) is 18.1. The number of hydrogen-bond acceptors (Lipinski definition) is 6. The van der Waals surface area contributed by atoms with E-state index in [1.165, 1.54) is 4.31 Å². The summed E-state index contributed by atoms with van der Waals surface area (Å²) in [6.45, 7) is 6.96. The first kappa shape index (κ1) is 22.7.